The van der Waals surface area contributed by atoms with E-state index >= 15 is 4.39 Å². The molecular weight excluding hydrogens is 572 g/mol. The van der Waals surface area contributed by atoms with Crippen molar-refractivity contribution >= 4 is 17.3 Å². The van der Waals surface area contributed by atoms with E-state index in [9.17, 15) is 19.1 Å². The topological polar surface area (TPSA) is 141 Å². The lowest BCUT2D eigenvalue weighted by Gasteiger charge is -2.33. The Morgan fingerprint density at radius 1 is 1.20 bits per heavy atom. The van der Waals surface area contributed by atoms with Gasteiger partial charge in [0.2, 0.25) is 11.8 Å². The van der Waals surface area contributed by atoms with Crippen molar-refractivity contribution in [2.75, 3.05) is 20.3 Å². The van der Waals surface area contributed by atoms with Gasteiger partial charge in [-0.1, -0.05) is 0 Å². The molecule has 7 rings (SSSR count). The van der Waals surface area contributed by atoms with Gasteiger partial charge in [0, 0.05) is 28.7 Å². The number of nitrogens with zero attached hydrogens (tertiary/aromatic N) is 3. The van der Waals surface area contributed by atoms with Crippen molar-refractivity contribution in [3.8, 4) is 22.9 Å². The summed E-state index contributed by atoms with van der Waals surface area (Å²) in [4.78, 5) is 30.7. The molecule has 1 aromatic carbocycles. The Labute approximate surface area is 251 Å². The van der Waals surface area contributed by atoms with Gasteiger partial charge >= 0.3 is 0 Å². The number of aliphatic hydroxyl groups is 1. The molecule has 2 fully saturated rings. The first-order valence-electron chi connectivity index (χ1n) is 14.5. The van der Waals surface area contributed by atoms with Gasteiger partial charge in [0.25, 0.3) is 5.91 Å². The van der Waals surface area contributed by atoms with Crippen LogP contribution in [-0.2, 0) is 15.8 Å². The zero-order valence-corrected chi connectivity index (χ0v) is 24.2. The number of hydrogen-bond donors (Lipinski definition) is 3. The van der Waals surface area contributed by atoms with Crippen molar-refractivity contribution in [2.45, 2.75) is 55.2 Å². The van der Waals surface area contributed by atoms with Gasteiger partial charge in [-0.15, -0.1) is 0 Å². The van der Waals surface area contributed by atoms with E-state index in [1.807, 2.05) is 6.07 Å². The summed E-state index contributed by atoms with van der Waals surface area (Å²) in [7, 11) is 1.48. The van der Waals surface area contributed by atoms with Gasteiger partial charge in [-0.05, 0) is 75.1 Å². The Hall–Kier alpha value is -4.58. The summed E-state index contributed by atoms with van der Waals surface area (Å²) < 4.78 is 42.9. The summed E-state index contributed by atoms with van der Waals surface area (Å²) in [5.74, 6) is -0.720. The van der Waals surface area contributed by atoms with Crippen LogP contribution < -0.4 is 20.5 Å². The molecule has 2 atom stereocenters. The van der Waals surface area contributed by atoms with Gasteiger partial charge in [0.1, 0.15) is 35.0 Å². The maximum Gasteiger partial charge on any atom is 0.251 e. The minimum Gasteiger partial charge on any atom is -0.489 e. The van der Waals surface area contributed by atoms with Crippen LogP contribution in [0.25, 0.3) is 16.8 Å². The number of nitrogens with one attached hydrogen (secondary N) is 1. The maximum absolute atomic E-state index is 16.1. The minimum absolute atomic E-state index is 0.0349. The predicted molar refractivity (Wildman–Crippen MR) is 155 cm³/mol. The number of halogens is 2. The fourth-order valence-electron chi connectivity index (χ4n) is 5.86. The van der Waals surface area contributed by atoms with Crippen LogP contribution in [0.1, 0.15) is 65.8 Å². The normalized spacial score (nSPS) is 21.3. The van der Waals surface area contributed by atoms with Gasteiger partial charge in [-0.2, -0.15) is 5.10 Å². The number of fused-ring (bicyclic) bond motifs is 2. The molecule has 228 valence electrons. The molecular formula is C32H31F2N5O5. The number of primary amides is 1. The molecule has 0 radical (unpaired) electrons. The molecule has 1 unspecified atom stereocenters. The van der Waals surface area contributed by atoms with Crippen molar-refractivity contribution in [3.63, 3.8) is 0 Å². The second-order valence-corrected chi connectivity index (χ2v) is 12.2. The van der Waals surface area contributed by atoms with Crippen LogP contribution in [-0.4, -0.2) is 57.4 Å². The first kappa shape index (κ1) is 28.2. The number of pyridine rings is 2. The first-order valence-corrected chi connectivity index (χ1v) is 14.5. The molecule has 3 aromatic heterocycles. The van der Waals surface area contributed by atoms with Crippen molar-refractivity contribution < 1.29 is 33.0 Å². The fraction of sp³-hybridized carbons (Fsp3) is 0.375. The van der Waals surface area contributed by atoms with Gasteiger partial charge < -0.3 is 25.6 Å². The molecule has 12 heteroatoms. The Morgan fingerprint density at radius 2 is 1.93 bits per heavy atom. The number of rotatable bonds is 9. The number of alkyl halides is 1. The third kappa shape index (κ3) is 4.38. The molecule has 4 heterocycles. The quantitative estimate of drug-likeness (QED) is 0.265. The summed E-state index contributed by atoms with van der Waals surface area (Å²) in [6.45, 7) is 0.983. The number of nitrogens with two attached hydrogens (primary N) is 1. The molecule has 1 aliphatic heterocycles. The van der Waals surface area contributed by atoms with Crippen LogP contribution in [0.5, 0.6) is 11.6 Å². The summed E-state index contributed by atoms with van der Waals surface area (Å²) in [5.41, 5.74) is 2.77. The zero-order valence-electron chi connectivity index (χ0n) is 24.2. The van der Waals surface area contributed by atoms with Crippen molar-refractivity contribution in [1.29, 1.82) is 0 Å². The van der Waals surface area contributed by atoms with Crippen LogP contribution in [0, 0.1) is 5.82 Å². The molecule has 10 nitrogen and oxygen atoms in total. The zero-order chi connectivity index (χ0) is 31.0. The Balaban J connectivity index is 1.27. The molecule has 2 saturated carbocycles. The number of methoxy groups -OCH3 is 1. The van der Waals surface area contributed by atoms with E-state index in [1.165, 1.54) is 43.5 Å². The van der Waals surface area contributed by atoms with E-state index in [0.29, 0.717) is 28.4 Å². The molecule has 0 saturated heterocycles. The van der Waals surface area contributed by atoms with Gasteiger partial charge in [0.05, 0.1) is 30.6 Å². The summed E-state index contributed by atoms with van der Waals surface area (Å²) in [5, 5.41) is 19.4. The lowest BCUT2D eigenvalue weighted by Crippen LogP contribution is -2.49. The number of carbonyl (C=O) groups excluding carboxylic acids is 2. The standard InChI is InChI=1S/C32H31F2N5O5/c1-30(29(35)41)16-44-27-22(30)14-24(37-26(27)18-5-7-20(33)8-6-18)32(42,31(34)9-10-31)15-36-28(40)19-11-21-13-23(17-3-4-17)38-39(21)25(12-19)43-2/h5-8,11-14,17,42H,3-4,9-10,15-16H2,1-2H3,(H2,35,41)(H,36,40)/t30-,32?/m0/s1. The largest absolute Gasteiger partial charge is 0.489 e. The number of amides is 2. The fourth-order valence-corrected chi connectivity index (χ4v) is 5.86. The lowest BCUT2D eigenvalue weighted by atomic mass is 9.80. The highest BCUT2D eigenvalue weighted by atomic mass is 19.1. The van der Waals surface area contributed by atoms with Crippen molar-refractivity contribution in [1.82, 2.24) is 19.9 Å². The smallest absolute Gasteiger partial charge is 0.251 e. The minimum atomic E-state index is -2.28. The van der Waals surface area contributed by atoms with E-state index in [-0.39, 0.29) is 42.1 Å². The molecule has 2 aliphatic carbocycles. The average Bonchev–Trinajstić information content (AvgIpc) is 3.93. The molecule has 4 aromatic rings. The monoisotopic (exact) mass is 603 g/mol. The van der Waals surface area contributed by atoms with Crippen LogP contribution in [0.3, 0.4) is 0 Å². The third-order valence-corrected chi connectivity index (χ3v) is 9.11. The first-order chi connectivity index (χ1) is 21.0. The third-order valence-electron chi connectivity index (χ3n) is 9.11. The summed E-state index contributed by atoms with van der Waals surface area (Å²) in [6.07, 6.45) is 2.20. The number of carbonyl (C=O) groups is 2. The van der Waals surface area contributed by atoms with E-state index in [0.717, 1.165) is 18.5 Å². The van der Waals surface area contributed by atoms with Crippen LogP contribution in [0.15, 0.2) is 48.5 Å². The highest BCUT2D eigenvalue weighted by molar-refractivity contribution is 5.96. The summed E-state index contributed by atoms with van der Waals surface area (Å²) >= 11 is 0. The maximum atomic E-state index is 16.1. The lowest BCUT2D eigenvalue weighted by molar-refractivity contribution is -0.123. The number of benzene rings is 1. The Morgan fingerprint density at radius 3 is 2.57 bits per heavy atom. The van der Waals surface area contributed by atoms with Crippen LogP contribution in [0.2, 0.25) is 0 Å². The van der Waals surface area contributed by atoms with E-state index in [2.05, 4.69) is 15.4 Å². The number of hydrogen-bond acceptors (Lipinski definition) is 7. The summed E-state index contributed by atoms with van der Waals surface area (Å²) in [6, 6.07) is 12.0. The molecule has 4 N–H and O–H groups in total. The van der Waals surface area contributed by atoms with E-state index in [1.54, 1.807) is 17.5 Å². The molecule has 44 heavy (non-hydrogen) atoms. The van der Waals surface area contributed by atoms with Crippen LogP contribution in [0.4, 0.5) is 8.78 Å². The highest BCUT2D eigenvalue weighted by Crippen LogP contribution is 2.55. The number of ether oxygens (including phenoxy) is 2. The Bertz CT molecular complexity index is 1840. The molecule has 3 aliphatic rings. The number of aromatic nitrogens is 3. The van der Waals surface area contributed by atoms with Gasteiger partial charge in [0.15, 0.2) is 5.60 Å². The van der Waals surface area contributed by atoms with Gasteiger partial charge in [-0.25, -0.2) is 18.3 Å². The second-order valence-electron chi connectivity index (χ2n) is 12.2. The highest BCUT2D eigenvalue weighted by Gasteiger charge is 2.62. The average molecular weight is 604 g/mol. The molecule has 0 bridgehead atoms. The van der Waals surface area contributed by atoms with E-state index in [4.69, 9.17) is 15.2 Å². The van der Waals surface area contributed by atoms with Crippen LogP contribution >= 0.6 is 0 Å². The molecule has 0 spiro atoms. The Kier molecular flexibility index (Phi) is 6.23. The SMILES string of the molecule is COc1cc(C(=O)NCC(O)(c2cc3c(c(-c4ccc(F)cc4)n2)OC[C@]3(C)C(N)=O)C2(F)CC2)cc2cc(C3CC3)nn12. The van der Waals surface area contributed by atoms with Crippen molar-refractivity contribution in [2.24, 2.45) is 5.73 Å². The van der Waals surface area contributed by atoms with Gasteiger partial charge in [-0.3, -0.25) is 9.59 Å². The van der Waals surface area contributed by atoms with Crippen molar-refractivity contribution in [3.05, 3.63) is 76.9 Å². The second kappa shape index (κ2) is 9.71. The molecule has 2 amide bonds. The van der Waals surface area contributed by atoms with E-state index < -0.39 is 40.9 Å². The predicted octanol–water partition coefficient (Wildman–Crippen LogP) is 3.68.